The lowest BCUT2D eigenvalue weighted by molar-refractivity contribution is 0.133. The zero-order chi connectivity index (χ0) is 12.9. The number of fused-ring (bicyclic) bond motifs is 1. The normalized spacial score (nSPS) is 30.8. The average molecular weight is 315 g/mol. The fourth-order valence-electron chi connectivity index (χ4n) is 3.26. The van der Waals surface area contributed by atoms with Crippen LogP contribution in [0.15, 0.2) is 16.6 Å². The SMILES string of the molecule is Nc1cc(F)c(Br)cc1N1CC2CCC(O)C2C1. The van der Waals surface area contributed by atoms with Crippen LogP contribution in [0, 0.1) is 17.7 Å². The van der Waals surface area contributed by atoms with E-state index in [-0.39, 0.29) is 11.9 Å². The number of rotatable bonds is 1. The number of nitrogens with two attached hydrogens (primary N) is 1. The van der Waals surface area contributed by atoms with Gasteiger partial charge in [0, 0.05) is 25.1 Å². The minimum absolute atomic E-state index is 0.190. The smallest absolute Gasteiger partial charge is 0.139 e. The van der Waals surface area contributed by atoms with Crippen molar-refractivity contribution in [2.45, 2.75) is 18.9 Å². The maximum atomic E-state index is 13.4. The highest BCUT2D eigenvalue weighted by molar-refractivity contribution is 9.10. The van der Waals surface area contributed by atoms with Gasteiger partial charge in [-0.3, -0.25) is 0 Å². The van der Waals surface area contributed by atoms with Crippen LogP contribution in [0.2, 0.25) is 0 Å². The van der Waals surface area contributed by atoms with Crippen molar-refractivity contribution in [3.05, 3.63) is 22.4 Å². The second kappa shape index (κ2) is 4.38. The minimum atomic E-state index is -0.337. The van der Waals surface area contributed by atoms with E-state index in [1.54, 1.807) is 6.07 Å². The van der Waals surface area contributed by atoms with E-state index in [1.807, 2.05) is 0 Å². The van der Waals surface area contributed by atoms with Gasteiger partial charge in [0.2, 0.25) is 0 Å². The number of nitrogen functional groups attached to an aromatic ring is 1. The molecule has 0 spiro atoms. The summed E-state index contributed by atoms with van der Waals surface area (Å²) >= 11 is 3.19. The second-order valence-corrected chi connectivity index (χ2v) is 6.15. The summed E-state index contributed by atoms with van der Waals surface area (Å²) in [5.41, 5.74) is 7.22. The maximum absolute atomic E-state index is 13.4. The van der Waals surface area contributed by atoms with Crippen LogP contribution in [0.3, 0.4) is 0 Å². The molecule has 0 radical (unpaired) electrons. The van der Waals surface area contributed by atoms with Gasteiger partial charge in [0.05, 0.1) is 22.0 Å². The first-order valence-corrected chi connectivity index (χ1v) is 7.03. The molecule has 2 aliphatic rings. The van der Waals surface area contributed by atoms with E-state index in [0.717, 1.165) is 31.6 Å². The monoisotopic (exact) mass is 314 g/mol. The lowest BCUT2D eigenvalue weighted by Crippen LogP contribution is -2.25. The summed E-state index contributed by atoms with van der Waals surface area (Å²) in [6.45, 7) is 1.72. The zero-order valence-corrected chi connectivity index (χ0v) is 11.5. The predicted molar refractivity (Wildman–Crippen MR) is 72.9 cm³/mol. The molecule has 1 aliphatic heterocycles. The number of benzene rings is 1. The third-order valence-electron chi connectivity index (χ3n) is 4.23. The number of hydrogen-bond acceptors (Lipinski definition) is 3. The van der Waals surface area contributed by atoms with E-state index in [2.05, 4.69) is 20.8 Å². The fourth-order valence-corrected chi connectivity index (χ4v) is 3.59. The Morgan fingerprint density at radius 1 is 1.33 bits per heavy atom. The predicted octanol–water partition coefficient (Wildman–Crippen LogP) is 2.38. The Balaban J connectivity index is 1.87. The van der Waals surface area contributed by atoms with Crippen LogP contribution >= 0.6 is 15.9 Å². The highest BCUT2D eigenvalue weighted by Gasteiger charge is 2.42. The number of hydrogen-bond donors (Lipinski definition) is 2. The molecule has 0 amide bonds. The van der Waals surface area contributed by atoms with E-state index in [4.69, 9.17) is 5.73 Å². The molecule has 18 heavy (non-hydrogen) atoms. The molecule has 0 aromatic heterocycles. The van der Waals surface area contributed by atoms with Crippen molar-refractivity contribution in [2.24, 2.45) is 11.8 Å². The fraction of sp³-hybridized carbons (Fsp3) is 0.538. The number of nitrogens with zero attached hydrogens (tertiary/aromatic N) is 1. The molecule has 3 atom stereocenters. The lowest BCUT2D eigenvalue weighted by Gasteiger charge is -2.22. The molecule has 2 fully saturated rings. The quantitative estimate of drug-likeness (QED) is 0.782. The van der Waals surface area contributed by atoms with Crippen LogP contribution in [0.25, 0.3) is 0 Å². The standard InChI is InChI=1S/C13H16BrFN2O/c14-9-3-12(11(16)4-10(9)15)17-5-7-1-2-13(18)8(7)6-17/h3-4,7-8,13,18H,1-2,5-6,16H2. The largest absolute Gasteiger partial charge is 0.397 e. The van der Waals surface area contributed by atoms with Crippen LogP contribution in [-0.2, 0) is 0 Å². The van der Waals surface area contributed by atoms with Gasteiger partial charge >= 0.3 is 0 Å². The third-order valence-corrected chi connectivity index (χ3v) is 4.84. The van der Waals surface area contributed by atoms with Gasteiger partial charge in [-0.1, -0.05) is 0 Å². The van der Waals surface area contributed by atoms with Crippen molar-refractivity contribution in [3.63, 3.8) is 0 Å². The van der Waals surface area contributed by atoms with Gasteiger partial charge in [0.25, 0.3) is 0 Å². The van der Waals surface area contributed by atoms with Gasteiger partial charge in [-0.25, -0.2) is 4.39 Å². The molecule has 3 N–H and O–H groups in total. The minimum Gasteiger partial charge on any atom is -0.397 e. The van der Waals surface area contributed by atoms with Gasteiger partial charge in [0.1, 0.15) is 5.82 Å². The Bertz CT molecular complexity index is 482. The Labute approximate surface area is 114 Å². The van der Waals surface area contributed by atoms with Crippen molar-refractivity contribution < 1.29 is 9.50 Å². The van der Waals surface area contributed by atoms with Crippen LogP contribution in [-0.4, -0.2) is 24.3 Å². The molecule has 1 saturated carbocycles. The molecule has 0 bridgehead atoms. The molecule has 3 nitrogen and oxygen atoms in total. The van der Waals surface area contributed by atoms with Crippen LogP contribution < -0.4 is 10.6 Å². The highest BCUT2D eigenvalue weighted by atomic mass is 79.9. The Hall–Kier alpha value is -0.810. The first-order chi connectivity index (χ1) is 8.56. The number of halogens is 2. The molecule has 3 rings (SSSR count). The molecule has 3 unspecified atom stereocenters. The summed E-state index contributed by atoms with van der Waals surface area (Å²) in [5.74, 6) is 0.548. The van der Waals surface area contributed by atoms with Gasteiger partial charge in [-0.2, -0.15) is 0 Å². The van der Waals surface area contributed by atoms with Crippen molar-refractivity contribution in [1.82, 2.24) is 0 Å². The highest BCUT2D eigenvalue weighted by Crippen LogP contribution is 2.41. The van der Waals surface area contributed by atoms with Gasteiger partial charge in [0.15, 0.2) is 0 Å². The average Bonchev–Trinajstić information content (AvgIpc) is 2.87. The van der Waals surface area contributed by atoms with Crippen molar-refractivity contribution in [1.29, 1.82) is 0 Å². The zero-order valence-electron chi connectivity index (χ0n) is 9.94. The summed E-state index contributed by atoms with van der Waals surface area (Å²) < 4.78 is 13.8. The van der Waals surface area contributed by atoms with Crippen LogP contribution in [0.4, 0.5) is 15.8 Å². The van der Waals surface area contributed by atoms with Gasteiger partial charge in [-0.15, -0.1) is 0 Å². The summed E-state index contributed by atoms with van der Waals surface area (Å²) in [6.07, 6.45) is 1.79. The van der Waals surface area contributed by atoms with Crippen LogP contribution in [0.1, 0.15) is 12.8 Å². The summed E-state index contributed by atoms with van der Waals surface area (Å²) in [6, 6.07) is 3.09. The van der Waals surface area contributed by atoms with Gasteiger partial charge < -0.3 is 15.7 Å². The van der Waals surface area contributed by atoms with E-state index >= 15 is 0 Å². The molecule has 1 aliphatic carbocycles. The molecule has 1 aromatic carbocycles. The van der Waals surface area contributed by atoms with Crippen molar-refractivity contribution >= 4 is 27.3 Å². The Morgan fingerprint density at radius 3 is 2.83 bits per heavy atom. The van der Waals surface area contributed by atoms with E-state index < -0.39 is 0 Å². The first-order valence-electron chi connectivity index (χ1n) is 6.24. The maximum Gasteiger partial charge on any atom is 0.139 e. The van der Waals surface area contributed by atoms with E-state index in [1.165, 1.54) is 6.07 Å². The summed E-state index contributed by atoms with van der Waals surface area (Å²) in [5, 5.41) is 9.90. The third kappa shape index (κ3) is 1.89. The first kappa shape index (κ1) is 12.2. The van der Waals surface area contributed by atoms with Gasteiger partial charge in [-0.05, 0) is 40.8 Å². The number of aliphatic hydroxyl groups excluding tert-OH is 1. The molecule has 1 heterocycles. The molecular weight excluding hydrogens is 299 g/mol. The Morgan fingerprint density at radius 2 is 2.11 bits per heavy atom. The number of aliphatic hydroxyl groups is 1. The van der Waals surface area contributed by atoms with Crippen LogP contribution in [0.5, 0.6) is 0 Å². The molecule has 1 saturated heterocycles. The number of anilines is 2. The molecule has 1 aromatic rings. The second-order valence-electron chi connectivity index (χ2n) is 5.30. The topological polar surface area (TPSA) is 49.5 Å². The van der Waals surface area contributed by atoms with E-state index in [9.17, 15) is 9.50 Å². The lowest BCUT2D eigenvalue weighted by atomic mass is 10.00. The Kier molecular flexibility index (Phi) is 2.98. The summed E-state index contributed by atoms with van der Waals surface area (Å²) in [7, 11) is 0. The summed E-state index contributed by atoms with van der Waals surface area (Å²) in [4.78, 5) is 2.16. The molecule has 5 heteroatoms. The molecule has 98 valence electrons. The molecular formula is C13H16BrFN2O. The van der Waals surface area contributed by atoms with Crippen molar-refractivity contribution in [2.75, 3.05) is 23.7 Å². The van der Waals surface area contributed by atoms with E-state index in [0.29, 0.717) is 22.0 Å². The van der Waals surface area contributed by atoms with Crippen molar-refractivity contribution in [3.8, 4) is 0 Å².